The minimum Gasteiger partial charge on any atom is -0.465 e. The molecule has 0 saturated heterocycles. The van der Waals surface area contributed by atoms with Gasteiger partial charge in [-0.3, -0.25) is 14.3 Å². The Hall–Kier alpha value is -2.76. The van der Waals surface area contributed by atoms with Gasteiger partial charge in [0.2, 0.25) is 0 Å². The van der Waals surface area contributed by atoms with Crippen molar-refractivity contribution in [1.29, 1.82) is 0 Å². The first kappa shape index (κ1) is 21.5. The van der Waals surface area contributed by atoms with E-state index in [0.29, 0.717) is 16.8 Å². The second-order valence-corrected chi connectivity index (χ2v) is 8.11. The van der Waals surface area contributed by atoms with Crippen LogP contribution in [0.4, 0.5) is 0 Å². The zero-order valence-electron chi connectivity index (χ0n) is 17.4. The molecule has 0 radical (unpaired) electrons. The number of hydrogen-bond acceptors (Lipinski definition) is 5. The summed E-state index contributed by atoms with van der Waals surface area (Å²) in [6.07, 6.45) is 0.187. The summed E-state index contributed by atoms with van der Waals surface area (Å²) in [6.45, 7) is 10.3. The van der Waals surface area contributed by atoms with Crippen LogP contribution in [0, 0.1) is 0 Å². The third kappa shape index (κ3) is 4.94. The Labute approximate surface area is 165 Å². The molecule has 0 saturated carbocycles. The quantitative estimate of drug-likeness (QED) is 0.522. The van der Waals surface area contributed by atoms with Crippen LogP contribution in [0.1, 0.15) is 90.3 Å². The Kier molecular flexibility index (Phi) is 6.54. The molecular weight excluding hydrogens is 356 g/mol. The van der Waals surface area contributed by atoms with E-state index in [9.17, 15) is 14.4 Å². The lowest BCUT2D eigenvalue weighted by Crippen LogP contribution is -2.26. The zero-order valence-corrected chi connectivity index (χ0v) is 17.4. The number of aromatic nitrogens is 2. The van der Waals surface area contributed by atoms with E-state index in [2.05, 4.69) is 23.7 Å². The van der Waals surface area contributed by atoms with Crippen molar-refractivity contribution in [2.24, 2.45) is 0 Å². The lowest BCUT2D eigenvalue weighted by atomic mass is 10.0. The van der Waals surface area contributed by atoms with Gasteiger partial charge in [0.15, 0.2) is 11.6 Å². The van der Waals surface area contributed by atoms with Gasteiger partial charge in [-0.15, -0.1) is 0 Å². The summed E-state index contributed by atoms with van der Waals surface area (Å²) >= 11 is 0. The number of benzene rings is 1. The maximum atomic E-state index is 12.6. The van der Waals surface area contributed by atoms with Crippen LogP contribution in [-0.4, -0.2) is 34.4 Å². The van der Waals surface area contributed by atoms with E-state index in [1.807, 2.05) is 31.5 Å². The molecule has 0 atom stereocenters. The molecule has 1 aromatic heterocycles. The number of ketones is 2. The van der Waals surface area contributed by atoms with Gasteiger partial charge in [-0.05, 0) is 44.9 Å². The summed E-state index contributed by atoms with van der Waals surface area (Å²) in [7, 11) is 1.30. The van der Waals surface area contributed by atoms with Crippen molar-refractivity contribution in [2.75, 3.05) is 7.11 Å². The molecule has 0 aliphatic heterocycles. The van der Waals surface area contributed by atoms with Crippen LogP contribution >= 0.6 is 0 Å². The lowest BCUT2D eigenvalue weighted by Gasteiger charge is -2.23. The average molecular weight is 384 g/mol. The molecule has 0 aliphatic carbocycles. The van der Waals surface area contributed by atoms with E-state index in [-0.39, 0.29) is 35.9 Å². The summed E-state index contributed by atoms with van der Waals surface area (Å²) in [5.41, 5.74) is 2.01. The maximum absolute atomic E-state index is 12.6. The first-order chi connectivity index (χ1) is 13.0. The van der Waals surface area contributed by atoms with Crippen LogP contribution in [-0.2, 0) is 10.3 Å². The number of methoxy groups -OCH3 is 1. The number of carbonyl (C=O) groups is 3. The van der Waals surface area contributed by atoms with Crippen molar-refractivity contribution in [3.8, 4) is 0 Å². The highest BCUT2D eigenvalue weighted by Gasteiger charge is 2.23. The molecule has 0 unspecified atom stereocenters. The molecule has 1 aromatic carbocycles. The molecule has 0 aliphatic rings. The monoisotopic (exact) mass is 384 g/mol. The SMILES string of the molecule is COC(=O)c1ccc(C(=O)CCC(=O)c2cc(C(C)C)n(C(C)(C)C)n2)cc1. The fourth-order valence-corrected chi connectivity index (χ4v) is 2.89. The van der Waals surface area contributed by atoms with Gasteiger partial charge in [0.05, 0.1) is 18.2 Å². The molecule has 0 spiro atoms. The van der Waals surface area contributed by atoms with Crippen molar-refractivity contribution >= 4 is 17.5 Å². The van der Waals surface area contributed by atoms with Gasteiger partial charge >= 0.3 is 5.97 Å². The molecule has 28 heavy (non-hydrogen) atoms. The van der Waals surface area contributed by atoms with Crippen LogP contribution in [0.2, 0.25) is 0 Å². The predicted octanol–water partition coefficient (Wildman–Crippen LogP) is 4.39. The van der Waals surface area contributed by atoms with Gasteiger partial charge in [-0.25, -0.2) is 4.79 Å². The van der Waals surface area contributed by atoms with E-state index in [1.54, 1.807) is 24.3 Å². The van der Waals surface area contributed by atoms with Crippen LogP contribution in [0.15, 0.2) is 30.3 Å². The molecule has 150 valence electrons. The molecule has 6 heteroatoms. The van der Waals surface area contributed by atoms with Crippen molar-refractivity contribution in [3.63, 3.8) is 0 Å². The third-order valence-electron chi connectivity index (χ3n) is 4.46. The number of rotatable bonds is 7. The first-order valence-corrected chi connectivity index (χ1v) is 9.39. The van der Waals surface area contributed by atoms with Crippen LogP contribution in [0.25, 0.3) is 0 Å². The van der Waals surface area contributed by atoms with Gasteiger partial charge in [0, 0.05) is 24.1 Å². The van der Waals surface area contributed by atoms with E-state index in [1.165, 1.54) is 7.11 Å². The maximum Gasteiger partial charge on any atom is 0.337 e. The van der Waals surface area contributed by atoms with Gasteiger partial charge in [-0.2, -0.15) is 5.10 Å². The number of ether oxygens (including phenoxy) is 1. The standard InChI is InChI=1S/C22H28N2O4/c1-14(2)18-13-17(23-24(18)22(3,4)5)20(26)12-11-19(25)15-7-9-16(10-8-15)21(27)28-6/h7-10,13-14H,11-12H2,1-6H3. The van der Waals surface area contributed by atoms with E-state index in [0.717, 1.165) is 5.69 Å². The average Bonchev–Trinajstić information content (AvgIpc) is 3.11. The van der Waals surface area contributed by atoms with Gasteiger partial charge < -0.3 is 4.74 Å². The van der Waals surface area contributed by atoms with E-state index in [4.69, 9.17) is 0 Å². The molecule has 1 heterocycles. The van der Waals surface area contributed by atoms with Crippen molar-refractivity contribution in [3.05, 3.63) is 52.8 Å². The normalized spacial score (nSPS) is 11.5. The highest BCUT2D eigenvalue weighted by molar-refractivity contribution is 6.02. The second kappa shape index (κ2) is 8.50. The largest absolute Gasteiger partial charge is 0.465 e. The highest BCUT2D eigenvalue weighted by Crippen LogP contribution is 2.24. The first-order valence-electron chi connectivity index (χ1n) is 9.39. The number of Topliss-reactive ketones (excluding diaryl/α,β-unsaturated/α-hetero) is 2. The van der Waals surface area contributed by atoms with Gasteiger partial charge in [-0.1, -0.05) is 26.0 Å². The van der Waals surface area contributed by atoms with Crippen LogP contribution in [0.3, 0.4) is 0 Å². The van der Waals surface area contributed by atoms with Crippen molar-refractivity contribution in [2.45, 2.75) is 58.9 Å². The van der Waals surface area contributed by atoms with Gasteiger partial charge in [0.1, 0.15) is 5.69 Å². The molecule has 0 amide bonds. The fraction of sp³-hybridized carbons (Fsp3) is 0.455. The minimum absolute atomic E-state index is 0.0930. The minimum atomic E-state index is -0.454. The molecule has 2 aromatic rings. The topological polar surface area (TPSA) is 78.3 Å². The molecule has 2 rings (SSSR count). The summed E-state index contributed by atoms with van der Waals surface area (Å²) in [5.74, 6) is -0.513. The number of nitrogens with zero attached hydrogens (tertiary/aromatic N) is 2. The second-order valence-electron chi connectivity index (χ2n) is 8.11. The molecular formula is C22H28N2O4. The Morgan fingerprint density at radius 1 is 1.00 bits per heavy atom. The smallest absolute Gasteiger partial charge is 0.337 e. The van der Waals surface area contributed by atoms with E-state index < -0.39 is 5.97 Å². The number of carbonyl (C=O) groups excluding carboxylic acids is 3. The summed E-state index contributed by atoms with van der Waals surface area (Å²) in [6, 6.07) is 8.06. The molecule has 0 N–H and O–H groups in total. The summed E-state index contributed by atoms with van der Waals surface area (Å²) < 4.78 is 6.53. The fourth-order valence-electron chi connectivity index (χ4n) is 2.89. The predicted molar refractivity (Wildman–Crippen MR) is 107 cm³/mol. The van der Waals surface area contributed by atoms with Crippen LogP contribution < -0.4 is 0 Å². The summed E-state index contributed by atoms with van der Waals surface area (Å²) in [4.78, 5) is 36.4. The molecule has 6 nitrogen and oxygen atoms in total. The Bertz CT molecular complexity index is 871. The Balaban J connectivity index is 2.07. The Morgan fingerprint density at radius 2 is 1.54 bits per heavy atom. The lowest BCUT2D eigenvalue weighted by molar-refractivity contribution is 0.0600. The van der Waals surface area contributed by atoms with Crippen molar-refractivity contribution in [1.82, 2.24) is 9.78 Å². The van der Waals surface area contributed by atoms with E-state index >= 15 is 0 Å². The third-order valence-corrected chi connectivity index (χ3v) is 4.46. The zero-order chi connectivity index (χ0) is 21.1. The molecule has 0 bridgehead atoms. The van der Waals surface area contributed by atoms with Crippen LogP contribution in [0.5, 0.6) is 0 Å². The van der Waals surface area contributed by atoms with Crippen molar-refractivity contribution < 1.29 is 19.1 Å². The highest BCUT2D eigenvalue weighted by atomic mass is 16.5. The Morgan fingerprint density at radius 3 is 2.00 bits per heavy atom. The number of hydrogen-bond donors (Lipinski definition) is 0. The summed E-state index contributed by atoms with van der Waals surface area (Å²) in [5, 5.41) is 4.50. The molecule has 0 fully saturated rings. The van der Waals surface area contributed by atoms with Gasteiger partial charge in [0.25, 0.3) is 0 Å². The number of esters is 1.